The molecule has 0 spiro atoms. The van der Waals surface area contributed by atoms with Crippen molar-refractivity contribution in [3.8, 4) is 5.69 Å². The van der Waals surface area contributed by atoms with E-state index in [0.29, 0.717) is 11.8 Å². The van der Waals surface area contributed by atoms with Gasteiger partial charge in [0.15, 0.2) is 5.82 Å². The molecule has 4 heteroatoms. The summed E-state index contributed by atoms with van der Waals surface area (Å²) in [6.07, 6.45) is 7.71. The van der Waals surface area contributed by atoms with Gasteiger partial charge in [-0.1, -0.05) is 43.9 Å². The number of alkyl halides is 1. The number of aromatic nitrogens is 3. The summed E-state index contributed by atoms with van der Waals surface area (Å²) in [6, 6.07) is 10.3. The fraction of sp³-hybridized carbons (Fsp3) is 0.500. The van der Waals surface area contributed by atoms with Crippen LogP contribution in [-0.4, -0.2) is 14.8 Å². The summed E-state index contributed by atoms with van der Waals surface area (Å²) in [4.78, 5) is 0. The second-order valence-corrected chi connectivity index (χ2v) is 5.73. The summed E-state index contributed by atoms with van der Waals surface area (Å²) in [5.41, 5.74) is 1.12. The maximum atomic E-state index is 6.04. The molecule has 1 heterocycles. The normalized spacial score (nSPS) is 17.1. The first-order valence-electron chi connectivity index (χ1n) is 7.45. The van der Waals surface area contributed by atoms with Gasteiger partial charge in [-0.2, -0.15) is 0 Å². The molecule has 0 N–H and O–H groups in total. The molecule has 20 heavy (non-hydrogen) atoms. The Morgan fingerprint density at radius 3 is 2.35 bits per heavy atom. The highest BCUT2D eigenvalue weighted by Crippen LogP contribution is 2.32. The molecular formula is C16H20ClN3. The maximum Gasteiger partial charge on any atom is 0.152 e. The van der Waals surface area contributed by atoms with Crippen molar-refractivity contribution in [2.75, 3.05) is 0 Å². The van der Waals surface area contributed by atoms with Crippen molar-refractivity contribution < 1.29 is 0 Å². The quantitative estimate of drug-likeness (QED) is 0.617. The monoisotopic (exact) mass is 289 g/mol. The van der Waals surface area contributed by atoms with E-state index in [0.717, 1.165) is 17.3 Å². The molecule has 3 nitrogen and oxygen atoms in total. The van der Waals surface area contributed by atoms with Crippen molar-refractivity contribution in [1.29, 1.82) is 0 Å². The predicted molar refractivity (Wildman–Crippen MR) is 81.4 cm³/mol. The zero-order valence-corrected chi connectivity index (χ0v) is 12.4. The van der Waals surface area contributed by atoms with Gasteiger partial charge in [-0.3, -0.25) is 4.57 Å². The predicted octanol–water partition coefficient (Wildman–Crippen LogP) is 4.44. The number of nitrogens with zero attached hydrogens (tertiary/aromatic N) is 3. The van der Waals surface area contributed by atoms with Gasteiger partial charge in [0.2, 0.25) is 0 Å². The highest BCUT2D eigenvalue weighted by atomic mass is 35.5. The van der Waals surface area contributed by atoms with E-state index in [1.54, 1.807) is 0 Å². The Morgan fingerprint density at radius 2 is 1.70 bits per heavy atom. The van der Waals surface area contributed by atoms with Gasteiger partial charge in [0.05, 0.1) is 5.88 Å². The molecule has 0 saturated heterocycles. The number of hydrogen-bond donors (Lipinski definition) is 0. The number of halogens is 1. The van der Waals surface area contributed by atoms with E-state index < -0.39 is 0 Å². The molecule has 106 valence electrons. The van der Waals surface area contributed by atoms with Crippen LogP contribution in [0.25, 0.3) is 5.69 Å². The third-order valence-electron chi connectivity index (χ3n) is 4.11. The Hall–Kier alpha value is -1.35. The van der Waals surface area contributed by atoms with Gasteiger partial charge in [-0.15, -0.1) is 21.8 Å². The van der Waals surface area contributed by atoms with Crippen LogP contribution >= 0.6 is 11.6 Å². The molecule has 0 unspecified atom stereocenters. The first kappa shape index (κ1) is 13.6. The lowest BCUT2D eigenvalue weighted by atomic mass is 9.99. The van der Waals surface area contributed by atoms with E-state index in [1.165, 1.54) is 38.5 Å². The highest BCUT2D eigenvalue weighted by molar-refractivity contribution is 6.16. The fourth-order valence-electron chi connectivity index (χ4n) is 3.08. The van der Waals surface area contributed by atoms with Crippen molar-refractivity contribution in [1.82, 2.24) is 14.8 Å². The van der Waals surface area contributed by atoms with Gasteiger partial charge in [0.25, 0.3) is 0 Å². The van der Waals surface area contributed by atoms with Crippen LogP contribution in [0.2, 0.25) is 0 Å². The molecular weight excluding hydrogens is 270 g/mol. The van der Waals surface area contributed by atoms with Crippen molar-refractivity contribution in [3.05, 3.63) is 42.0 Å². The van der Waals surface area contributed by atoms with Crippen LogP contribution in [0.1, 0.15) is 56.1 Å². The second-order valence-electron chi connectivity index (χ2n) is 5.47. The van der Waals surface area contributed by atoms with E-state index >= 15 is 0 Å². The minimum atomic E-state index is 0.397. The van der Waals surface area contributed by atoms with E-state index in [2.05, 4.69) is 26.9 Å². The molecule has 1 aliphatic rings. The zero-order valence-electron chi connectivity index (χ0n) is 11.6. The summed E-state index contributed by atoms with van der Waals surface area (Å²) in [6.45, 7) is 0. The fourth-order valence-corrected chi connectivity index (χ4v) is 3.25. The standard InChI is InChI=1S/C16H20ClN3/c17-12-15-18-19-16(13-8-4-1-2-5-9-13)20(15)14-10-6-3-7-11-14/h3,6-7,10-11,13H,1-2,4-5,8-9,12H2. The average Bonchev–Trinajstić information content (AvgIpc) is 2.74. The van der Waals surface area contributed by atoms with Crippen LogP contribution in [0.4, 0.5) is 0 Å². The number of hydrogen-bond acceptors (Lipinski definition) is 2. The molecule has 0 atom stereocenters. The molecule has 1 aromatic carbocycles. The van der Waals surface area contributed by atoms with Crippen LogP contribution in [0, 0.1) is 0 Å². The van der Waals surface area contributed by atoms with Gasteiger partial charge in [-0.05, 0) is 25.0 Å². The molecule has 2 aromatic rings. The van der Waals surface area contributed by atoms with Gasteiger partial charge >= 0.3 is 0 Å². The topological polar surface area (TPSA) is 30.7 Å². The van der Waals surface area contributed by atoms with Crippen LogP contribution < -0.4 is 0 Å². The Balaban J connectivity index is 2.00. The Labute approximate surface area is 125 Å². The lowest BCUT2D eigenvalue weighted by molar-refractivity contribution is 0.550. The summed E-state index contributed by atoms with van der Waals surface area (Å²) in [5.74, 6) is 2.85. The average molecular weight is 290 g/mol. The maximum absolute atomic E-state index is 6.04. The van der Waals surface area contributed by atoms with E-state index in [4.69, 9.17) is 11.6 Å². The molecule has 0 bridgehead atoms. The molecule has 1 saturated carbocycles. The van der Waals surface area contributed by atoms with Crippen LogP contribution in [0.3, 0.4) is 0 Å². The van der Waals surface area contributed by atoms with Crippen molar-refractivity contribution in [2.24, 2.45) is 0 Å². The minimum Gasteiger partial charge on any atom is -0.282 e. The van der Waals surface area contributed by atoms with Crippen molar-refractivity contribution in [3.63, 3.8) is 0 Å². The Morgan fingerprint density at radius 1 is 1.00 bits per heavy atom. The summed E-state index contributed by atoms with van der Waals surface area (Å²) >= 11 is 6.04. The zero-order chi connectivity index (χ0) is 13.8. The van der Waals surface area contributed by atoms with Crippen LogP contribution in [0.15, 0.2) is 30.3 Å². The molecule has 1 aliphatic carbocycles. The Kier molecular flexibility index (Phi) is 4.36. The van der Waals surface area contributed by atoms with Crippen LogP contribution in [-0.2, 0) is 5.88 Å². The molecule has 0 radical (unpaired) electrons. The summed E-state index contributed by atoms with van der Waals surface area (Å²) < 4.78 is 2.16. The molecule has 0 amide bonds. The van der Waals surface area contributed by atoms with Gasteiger partial charge in [-0.25, -0.2) is 0 Å². The first-order valence-corrected chi connectivity index (χ1v) is 7.99. The molecule has 1 fully saturated rings. The second kappa shape index (κ2) is 6.40. The van der Waals surface area contributed by atoms with Gasteiger partial charge in [0.1, 0.15) is 5.82 Å². The van der Waals surface area contributed by atoms with Crippen molar-refractivity contribution >= 4 is 11.6 Å². The van der Waals surface area contributed by atoms with Crippen molar-refractivity contribution in [2.45, 2.75) is 50.3 Å². The minimum absolute atomic E-state index is 0.397. The third kappa shape index (κ3) is 2.73. The van der Waals surface area contributed by atoms with Crippen LogP contribution in [0.5, 0.6) is 0 Å². The molecule has 0 aliphatic heterocycles. The molecule has 1 aromatic heterocycles. The first-order chi connectivity index (χ1) is 9.90. The molecule has 3 rings (SSSR count). The number of rotatable bonds is 3. The lowest BCUT2D eigenvalue weighted by Crippen LogP contribution is -2.09. The smallest absolute Gasteiger partial charge is 0.152 e. The third-order valence-corrected chi connectivity index (χ3v) is 4.35. The Bertz CT molecular complexity index is 542. The van der Waals surface area contributed by atoms with Gasteiger partial charge in [0, 0.05) is 11.6 Å². The summed E-state index contributed by atoms with van der Waals surface area (Å²) in [7, 11) is 0. The van der Waals surface area contributed by atoms with E-state index in [9.17, 15) is 0 Å². The highest BCUT2D eigenvalue weighted by Gasteiger charge is 2.22. The largest absolute Gasteiger partial charge is 0.282 e. The van der Waals surface area contributed by atoms with Gasteiger partial charge < -0.3 is 0 Å². The van der Waals surface area contributed by atoms with E-state index in [1.807, 2.05) is 18.2 Å². The SMILES string of the molecule is ClCc1nnc(C2CCCCCC2)n1-c1ccccc1. The number of para-hydroxylation sites is 1. The van der Waals surface area contributed by atoms with E-state index in [-0.39, 0.29) is 0 Å². The summed E-state index contributed by atoms with van der Waals surface area (Å²) in [5, 5.41) is 8.76. The number of benzene rings is 1. The lowest BCUT2D eigenvalue weighted by Gasteiger charge is -2.16.